The van der Waals surface area contributed by atoms with E-state index in [1.807, 2.05) is 30.3 Å². The zero-order valence-corrected chi connectivity index (χ0v) is 13.8. The molecule has 1 heterocycles. The highest BCUT2D eigenvalue weighted by Gasteiger charge is 2.34. The van der Waals surface area contributed by atoms with Gasteiger partial charge in [-0.2, -0.15) is 0 Å². The van der Waals surface area contributed by atoms with Gasteiger partial charge in [-0.3, -0.25) is 4.79 Å². The number of hydrogen-bond donors (Lipinski definition) is 2. The Kier molecular flexibility index (Phi) is 5.28. The first-order valence-electron chi connectivity index (χ1n) is 8.44. The maximum Gasteiger partial charge on any atom is 0.251 e. The topological polar surface area (TPSA) is 64.4 Å². The Hall–Kier alpha value is -2.17. The number of benzene rings is 2. The monoisotopic (exact) mass is 324 g/mol. The van der Waals surface area contributed by atoms with Crippen molar-refractivity contribution in [2.75, 3.05) is 19.8 Å². The minimum Gasteiger partial charge on any atom is -0.381 e. The number of carbonyl (C=O) groups excluding carboxylic acids is 1. The highest BCUT2D eigenvalue weighted by molar-refractivity contribution is 5.94. The van der Waals surface area contributed by atoms with Gasteiger partial charge in [0.25, 0.3) is 5.91 Å². The SMILES string of the molecule is NCc1ccc(C(=O)NCC2(c3ccccc3)CCOCC2)cc1. The van der Waals surface area contributed by atoms with Crippen LogP contribution in [-0.4, -0.2) is 25.7 Å². The Bertz CT molecular complexity index is 662. The summed E-state index contributed by atoms with van der Waals surface area (Å²) < 4.78 is 5.54. The molecule has 0 radical (unpaired) electrons. The molecular formula is C20H24N2O2. The molecule has 3 N–H and O–H groups in total. The molecule has 0 saturated carbocycles. The van der Waals surface area contributed by atoms with E-state index in [0.29, 0.717) is 18.7 Å². The molecule has 24 heavy (non-hydrogen) atoms. The van der Waals surface area contributed by atoms with Gasteiger partial charge in [0.1, 0.15) is 0 Å². The third kappa shape index (κ3) is 3.66. The molecule has 3 rings (SSSR count). The molecule has 1 saturated heterocycles. The maximum atomic E-state index is 12.5. The van der Waals surface area contributed by atoms with Crippen molar-refractivity contribution in [2.45, 2.75) is 24.8 Å². The largest absolute Gasteiger partial charge is 0.381 e. The number of ether oxygens (including phenoxy) is 1. The summed E-state index contributed by atoms with van der Waals surface area (Å²) in [5.74, 6) is -0.0413. The van der Waals surface area contributed by atoms with Crippen molar-refractivity contribution < 1.29 is 9.53 Å². The Morgan fingerprint density at radius 1 is 1.04 bits per heavy atom. The van der Waals surface area contributed by atoms with E-state index in [4.69, 9.17) is 10.5 Å². The van der Waals surface area contributed by atoms with Crippen LogP contribution >= 0.6 is 0 Å². The molecule has 0 aromatic heterocycles. The van der Waals surface area contributed by atoms with Crippen molar-refractivity contribution in [1.82, 2.24) is 5.32 Å². The molecule has 0 unspecified atom stereocenters. The predicted molar refractivity (Wildman–Crippen MR) is 94.8 cm³/mol. The van der Waals surface area contributed by atoms with Crippen molar-refractivity contribution >= 4 is 5.91 Å². The van der Waals surface area contributed by atoms with Gasteiger partial charge in [0, 0.05) is 37.3 Å². The molecule has 1 fully saturated rings. The van der Waals surface area contributed by atoms with E-state index in [1.54, 1.807) is 0 Å². The number of nitrogens with two attached hydrogens (primary N) is 1. The molecule has 0 atom stereocenters. The van der Waals surface area contributed by atoms with Gasteiger partial charge in [-0.25, -0.2) is 0 Å². The van der Waals surface area contributed by atoms with Crippen LogP contribution in [0.3, 0.4) is 0 Å². The summed E-state index contributed by atoms with van der Waals surface area (Å²) in [5, 5.41) is 3.12. The zero-order chi connectivity index (χ0) is 16.8. The van der Waals surface area contributed by atoms with E-state index in [-0.39, 0.29) is 11.3 Å². The normalized spacial score (nSPS) is 16.5. The third-order valence-corrected chi connectivity index (χ3v) is 4.88. The molecule has 2 aromatic carbocycles. The summed E-state index contributed by atoms with van der Waals surface area (Å²) in [6.07, 6.45) is 1.84. The Balaban J connectivity index is 1.72. The molecule has 0 bridgehead atoms. The van der Waals surface area contributed by atoms with Gasteiger partial charge < -0.3 is 15.8 Å². The number of amides is 1. The summed E-state index contributed by atoms with van der Waals surface area (Å²) in [4.78, 5) is 12.5. The molecular weight excluding hydrogens is 300 g/mol. The molecule has 126 valence electrons. The summed E-state index contributed by atoms with van der Waals surface area (Å²) in [5.41, 5.74) is 8.52. The standard InChI is InChI=1S/C20H24N2O2/c21-14-16-6-8-17(9-7-16)19(23)22-15-20(10-12-24-13-11-20)18-4-2-1-3-5-18/h1-9H,10-15,21H2,(H,22,23). The van der Waals surface area contributed by atoms with E-state index in [2.05, 4.69) is 29.6 Å². The first kappa shape index (κ1) is 16.7. The molecule has 0 aliphatic carbocycles. The quantitative estimate of drug-likeness (QED) is 0.888. The zero-order valence-electron chi connectivity index (χ0n) is 13.8. The number of carbonyl (C=O) groups is 1. The number of nitrogens with one attached hydrogen (secondary N) is 1. The van der Waals surface area contributed by atoms with Gasteiger partial charge in [-0.1, -0.05) is 42.5 Å². The first-order chi connectivity index (χ1) is 11.7. The minimum absolute atomic E-state index is 0.0413. The molecule has 4 heteroatoms. The van der Waals surface area contributed by atoms with Crippen LogP contribution in [0.15, 0.2) is 54.6 Å². The van der Waals surface area contributed by atoms with E-state index >= 15 is 0 Å². The molecule has 2 aromatic rings. The van der Waals surface area contributed by atoms with Crippen LogP contribution in [0.4, 0.5) is 0 Å². The second-order valence-electron chi connectivity index (χ2n) is 6.34. The van der Waals surface area contributed by atoms with Crippen LogP contribution in [0.5, 0.6) is 0 Å². The van der Waals surface area contributed by atoms with Crippen molar-refractivity contribution in [3.05, 3.63) is 71.3 Å². The van der Waals surface area contributed by atoms with Gasteiger partial charge in [-0.15, -0.1) is 0 Å². The second kappa shape index (κ2) is 7.60. The third-order valence-electron chi connectivity index (χ3n) is 4.88. The van der Waals surface area contributed by atoms with Gasteiger partial charge in [0.15, 0.2) is 0 Å². The van der Waals surface area contributed by atoms with Crippen LogP contribution in [0, 0.1) is 0 Å². The summed E-state index contributed by atoms with van der Waals surface area (Å²) in [6, 6.07) is 17.9. The predicted octanol–water partition coefficient (Wildman–Crippen LogP) is 2.62. The van der Waals surface area contributed by atoms with Crippen LogP contribution in [0.1, 0.15) is 34.3 Å². The van der Waals surface area contributed by atoms with Gasteiger partial charge in [-0.05, 0) is 36.1 Å². The average molecular weight is 324 g/mol. The van der Waals surface area contributed by atoms with Gasteiger partial charge >= 0.3 is 0 Å². The van der Waals surface area contributed by atoms with Gasteiger partial charge in [0.2, 0.25) is 0 Å². The van der Waals surface area contributed by atoms with Crippen molar-refractivity contribution in [2.24, 2.45) is 5.73 Å². The summed E-state index contributed by atoms with van der Waals surface area (Å²) in [7, 11) is 0. The van der Waals surface area contributed by atoms with E-state index in [9.17, 15) is 4.79 Å². The Morgan fingerprint density at radius 2 is 1.71 bits per heavy atom. The smallest absolute Gasteiger partial charge is 0.251 e. The van der Waals surface area contributed by atoms with Crippen LogP contribution in [0.2, 0.25) is 0 Å². The lowest BCUT2D eigenvalue weighted by Crippen LogP contribution is -2.44. The summed E-state index contributed by atoms with van der Waals surface area (Å²) in [6.45, 7) is 2.57. The van der Waals surface area contributed by atoms with Crippen LogP contribution < -0.4 is 11.1 Å². The molecule has 1 aliphatic rings. The molecule has 1 aliphatic heterocycles. The second-order valence-corrected chi connectivity index (χ2v) is 6.34. The fourth-order valence-electron chi connectivity index (χ4n) is 3.27. The Labute approximate surface area is 143 Å². The van der Waals surface area contributed by atoms with E-state index in [0.717, 1.165) is 31.6 Å². The van der Waals surface area contributed by atoms with E-state index in [1.165, 1.54) is 5.56 Å². The highest BCUT2D eigenvalue weighted by Crippen LogP contribution is 2.34. The van der Waals surface area contributed by atoms with Crippen LogP contribution in [-0.2, 0) is 16.7 Å². The van der Waals surface area contributed by atoms with Gasteiger partial charge in [0.05, 0.1) is 0 Å². The summed E-state index contributed by atoms with van der Waals surface area (Å²) >= 11 is 0. The number of rotatable bonds is 5. The van der Waals surface area contributed by atoms with Crippen molar-refractivity contribution in [3.63, 3.8) is 0 Å². The maximum absolute atomic E-state index is 12.5. The van der Waals surface area contributed by atoms with Crippen LogP contribution in [0.25, 0.3) is 0 Å². The fraction of sp³-hybridized carbons (Fsp3) is 0.350. The molecule has 0 spiro atoms. The average Bonchev–Trinajstić information content (AvgIpc) is 2.67. The van der Waals surface area contributed by atoms with E-state index < -0.39 is 0 Å². The Morgan fingerprint density at radius 3 is 2.33 bits per heavy atom. The number of hydrogen-bond acceptors (Lipinski definition) is 3. The minimum atomic E-state index is -0.0492. The first-order valence-corrected chi connectivity index (χ1v) is 8.44. The van der Waals surface area contributed by atoms with Crippen molar-refractivity contribution in [1.29, 1.82) is 0 Å². The lowest BCUT2D eigenvalue weighted by molar-refractivity contribution is 0.0487. The van der Waals surface area contributed by atoms with Crippen molar-refractivity contribution in [3.8, 4) is 0 Å². The molecule has 1 amide bonds. The molecule has 4 nitrogen and oxygen atoms in total. The highest BCUT2D eigenvalue weighted by atomic mass is 16.5. The lowest BCUT2D eigenvalue weighted by atomic mass is 9.74. The fourth-order valence-corrected chi connectivity index (χ4v) is 3.27. The lowest BCUT2D eigenvalue weighted by Gasteiger charge is -2.38.